The Hall–Kier alpha value is -1.54. The van der Waals surface area contributed by atoms with Crippen LogP contribution in [0.5, 0.6) is 5.75 Å². The molecule has 2 rings (SSSR count). The lowest BCUT2D eigenvalue weighted by atomic mass is 10.1. The summed E-state index contributed by atoms with van der Waals surface area (Å²) < 4.78 is 11.2. The molecule has 1 aromatic rings. The molecule has 0 amide bonds. The summed E-state index contributed by atoms with van der Waals surface area (Å²) in [4.78, 5) is 2.39. The molecular weight excluding hydrogens is 266 g/mol. The molecule has 0 bridgehead atoms. The van der Waals surface area contributed by atoms with Gasteiger partial charge in [-0.2, -0.15) is 0 Å². The first kappa shape index (κ1) is 15.8. The number of ether oxygens (including phenoxy) is 2. The van der Waals surface area contributed by atoms with Crippen molar-refractivity contribution in [1.29, 1.82) is 0 Å². The monoisotopic (exact) mass is 289 g/mol. The number of hydrogen-bond donors (Lipinski definition) is 1. The fourth-order valence-corrected chi connectivity index (χ4v) is 2.48. The van der Waals surface area contributed by atoms with Crippen molar-refractivity contribution in [2.24, 2.45) is 0 Å². The topological polar surface area (TPSA) is 41.9 Å². The predicted molar refractivity (Wildman–Crippen MR) is 82.4 cm³/mol. The van der Waals surface area contributed by atoms with Crippen molar-refractivity contribution < 1.29 is 14.6 Å². The minimum atomic E-state index is -0.115. The lowest BCUT2D eigenvalue weighted by Gasteiger charge is -2.31. The van der Waals surface area contributed by atoms with E-state index >= 15 is 0 Å². The summed E-state index contributed by atoms with van der Waals surface area (Å²) in [7, 11) is 1.78. The molecular formula is C17H23NO3. The molecule has 1 heterocycles. The van der Waals surface area contributed by atoms with Crippen LogP contribution in [0.15, 0.2) is 24.3 Å². The third-order valence-electron chi connectivity index (χ3n) is 3.64. The summed E-state index contributed by atoms with van der Waals surface area (Å²) in [6, 6.07) is 7.63. The molecule has 0 radical (unpaired) electrons. The molecule has 1 aromatic carbocycles. The smallest absolute Gasteiger partial charge is 0.119 e. The minimum Gasteiger partial charge on any atom is -0.492 e. The molecule has 21 heavy (non-hydrogen) atoms. The van der Waals surface area contributed by atoms with Gasteiger partial charge in [0.05, 0.1) is 6.10 Å². The lowest BCUT2D eigenvalue weighted by molar-refractivity contribution is 0.0272. The van der Waals surface area contributed by atoms with Crippen LogP contribution in [0.25, 0.3) is 0 Å². The summed E-state index contributed by atoms with van der Waals surface area (Å²) >= 11 is 0. The van der Waals surface area contributed by atoms with E-state index in [0.717, 1.165) is 37.4 Å². The molecule has 1 N–H and O–H groups in total. The zero-order chi connectivity index (χ0) is 14.9. The Morgan fingerprint density at radius 2 is 2.14 bits per heavy atom. The highest BCUT2D eigenvalue weighted by atomic mass is 16.5. The number of hydrogen-bond acceptors (Lipinski definition) is 4. The first-order valence-electron chi connectivity index (χ1n) is 7.39. The average molecular weight is 289 g/mol. The van der Waals surface area contributed by atoms with Gasteiger partial charge in [0, 0.05) is 25.8 Å². The largest absolute Gasteiger partial charge is 0.492 e. The van der Waals surface area contributed by atoms with Crippen LogP contribution in [-0.2, 0) is 4.74 Å². The van der Waals surface area contributed by atoms with Crippen molar-refractivity contribution in [2.45, 2.75) is 18.9 Å². The van der Waals surface area contributed by atoms with Gasteiger partial charge in [0.25, 0.3) is 0 Å². The Balaban J connectivity index is 1.73. The van der Waals surface area contributed by atoms with E-state index in [1.54, 1.807) is 7.11 Å². The molecule has 0 saturated carbocycles. The SMILES string of the molecule is COC1CCCN(CCOc2ccc(C#CCO)cc2)C1. The molecule has 1 atom stereocenters. The van der Waals surface area contributed by atoms with Gasteiger partial charge in [0.2, 0.25) is 0 Å². The molecule has 1 saturated heterocycles. The third kappa shape index (κ3) is 5.39. The number of aliphatic hydroxyl groups is 1. The molecule has 4 heteroatoms. The van der Waals surface area contributed by atoms with Gasteiger partial charge in [-0.1, -0.05) is 11.8 Å². The summed E-state index contributed by atoms with van der Waals surface area (Å²) in [5.74, 6) is 6.34. The van der Waals surface area contributed by atoms with Gasteiger partial charge in [0.15, 0.2) is 0 Å². The average Bonchev–Trinajstić information content (AvgIpc) is 2.54. The molecule has 114 valence electrons. The van der Waals surface area contributed by atoms with Crippen molar-refractivity contribution in [2.75, 3.05) is 40.0 Å². The maximum Gasteiger partial charge on any atom is 0.119 e. The van der Waals surface area contributed by atoms with Gasteiger partial charge in [0.1, 0.15) is 19.0 Å². The van der Waals surface area contributed by atoms with Gasteiger partial charge < -0.3 is 14.6 Å². The molecule has 1 unspecified atom stereocenters. The molecule has 1 aliphatic rings. The van der Waals surface area contributed by atoms with Crippen molar-refractivity contribution in [1.82, 2.24) is 4.90 Å². The van der Waals surface area contributed by atoms with Crippen LogP contribution in [0.4, 0.5) is 0 Å². The summed E-state index contributed by atoms with van der Waals surface area (Å²) in [6.45, 7) is 3.61. The van der Waals surface area contributed by atoms with Gasteiger partial charge in [-0.05, 0) is 43.7 Å². The summed E-state index contributed by atoms with van der Waals surface area (Å²) in [5.41, 5.74) is 0.885. The van der Waals surface area contributed by atoms with Crippen molar-refractivity contribution >= 4 is 0 Å². The van der Waals surface area contributed by atoms with Crippen LogP contribution in [0, 0.1) is 11.8 Å². The van der Waals surface area contributed by atoms with Crippen LogP contribution in [-0.4, -0.2) is 56.1 Å². The van der Waals surface area contributed by atoms with Crippen molar-refractivity contribution in [3.63, 3.8) is 0 Å². The number of benzene rings is 1. The summed E-state index contributed by atoms with van der Waals surface area (Å²) in [5, 5.41) is 8.65. The Morgan fingerprint density at radius 3 is 2.86 bits per heavy atom. The van der Waals surface area contributed by atoms with E-state index in [1.165, 1.54) is 6.42 Å². The van der Waals surface area contributed by atoms with E-state index < -0.39 is 0 Å². The van der Waals surface area contributed by atoms with Crippen LogP contribution >= 0.6 is 0 Å². The van der Waals surface area contributed by atoms with Crippen molar-refractivity contribution in [3.8, 4) is 17.6 Å². The fraction of sp³-hybridized carbons (Fsp3) is 0.529. The Labute approximate surface area is 126 Å². The van der Waals surface area contributed by atoms with Crippen LogP contribution in [0.2, 0.25) is 0 Å². The maximum atomic E-state index is 8.65. The van der Waals surface area contributed by atoms with Gasteiger partial charge >= 0.3 is 0 Å². The number of methoxy groups -OCH3 is 1. The highest BCUT2D eigenvalue weighted by molar-refractivity contribution is 5.38. The number of rotatable bonds is 5. The first-order valence-corrected chi connectivity index (χ1v) is 7.39. The van der Waals surface area contributed by atoms with Crippen molar-refractivity contribution in [3.05, 3.63) is 29.8 Å². The molecule has 4 nitrogen and oxygen atoms in total. The Morgan fingerprint density at radius 1 is 1.33 bits per heavy atom. The number of nitrogens with zero attached hydrogens (tertiary/aromatic N) is 1. The number of piperidine rings is 1. The predicted octanol–water partition coefficient (Wildman–Crippen LogP) is 1.52. The summed E-state index contributed by atoms with van der Waals surface area (Å²) in [6.07, 6.45) is 2.71. The van der Waals surface area contributed by atoms with Crippen LogP contribution in [0.1, 0.15) is 18.4 Å². The van der Waals surface area contributed by atoms with Gasteiger partial charge in [-0.15, -0.1) is 0 Å². The zero-order valence-corrected chi connectivity index (χ0v) is 12.5. The highest BCUT2D eigenvalue weighted by Gasteiger charge is 2.18. The van der Waals surface area contributed by atoms with Gasteiger partial charge in [-0.25, -0.2) is 0 Å². The molecule has 0 aromatic heterocycles. The molecule has 1 fully saturated rings. The molecule has 0 spiro atoms. The Kier molecular flexibility index (Phi) is 6.55. The van der Waals surface area contributed by atoms with E-state index in [0.29, 0.717) is 12.7 Å². The van der Waals surface area contributed by atoms with Crippen LogP contribution < -0.4 is 4.74 Å². The minimum absolute atomic E-state index is 0.115. The second-order valence-electron chi connectivity index (χ2n) is 5.13. The highest BCUT2D eigenvalue weighted by Crippen LogP contribution is 2.14. The first-order chi connectivity index (χ1) is 10.3. The quantitative estimate of drug-likeness (QED) is 0.835. The number of aliphatic hydroxyl groups excluding tert-OH is 1. The molecule has 1 aliphatic heterocycles. The maximum absolute atomic E-state index is 8.65. The van der Waals surface area contributed by atoms with E-state index in [9.17, 15) is 0 Å². The Bertz CT molecular complexity index is 475. The third-order valence-corrected chi connectivity index (χ3v) is 3.64. The van der Waals surface area contributed by atoms with Gasteiger partial charge in [-0.3, -0.25) is 4.90 Å². The van der Waals surface area contributed by atoms with Crippen LogP contribution in [0.3, 0.4) is 0 Å². The normalized spacial score (nSPS) is 18.9. The fourth-order valence-electron chi connectivity index (χ4n) is 2.48. The zero-order valence-electron chi connectivity index (χ0n) is 12.5. The second kappa shape index (κ2) is 8.68. The molecule has 0 aliphatic carbocycles. The second-order valence-corrected chi connectivity index (χ2v) is 5.13. The van der Waals surface area contributed by atoms with E-state index in [-0.39, 0.29) is 6.61 Å². The van der Waals surface area contributed by atoms with E-state index in [4.69, 9.17) is 14.6 Å². The van der Waals surface area contributed by atoms with E-state index in [2.05, 4.69) is 16.7 Å². The van der Waals surface area contributed by atoms with E-state index in [1.807, 2.05) is 24.3 Å². The standard InChI is InChI=1S/C17H23NO3/c1-20-17-5-2-10-18(14-17)11-13-21-16-8-6-15(7-9-16)4-3-12-19/h6-9,17,19H,2,5,10-14H2,1H3. The number of likely N-dealkylation sites (tertiary alicyclic amines) is 1. The lowest BCUT2D eigenvalue weighted by Crippen LogP contribution is -2.41.